The number of nitrogens with zero attached hydrogens (tertiary/aromatic N) is 1. The summed E-state index contributed by atoms with van der Waals surface area (Å²) in [5, 5.41) is 9.87. The van der Waals surface area contributed by atoms with Crippen molar-refractivity contribution < 1.29 is 9.53 Å². The molecular weight excluding hydrogens is 455 g/mol. The van der Waals surface area contributed by atoms with Crippen LogP contribution in [0.15, 0.2) is 29.3 Å². The highest BCUT2D eigenvalue weighted by Gasteiger charge is 2.14. The molecular formula is C17H26ClIN4O2. The minimum Gasteiger partial charge on any atom is -0.376 e. The Morgan fingerprint density at radius 2 is 1.96 bits per heavy atom. The lowest BCUT2D eigenvalue weighted by Crippen LogP contribution is -2.42. The molecule has 140 valence electrons. The first-order valence-corrected chi connectivity index (χ1v) is 8.74. The number of halogens is 2. The molecule has 1 saturated heterocycles. The Labute approximate surface area is 171 Å². The Bertz CT molecular complexity index is 548. The van der Waals surface area contributed by atoms with Crippen LogP contribution in [0.1, 0.15) is 30.1 Å². The topological polar surface area (TPSA) is 74.8 Å². The van der Waals surface area contributed by atoms with Gasteiger partial charge in [-0.1, -0.05) is 11.6 Å². The molecule has 1 aliphatic heterocycles. The standard InChI is InChI=1S/C17H25ClN4O2.HI/c1-2-19-17(22-12-15-4-3-11-24-15)21-10-9-20-16(23)13-5-7-14(18)8-6-13;/h5-8,15H,2-4,9-12H2,1H3,(H,20,23)(H2,19,21,22);1H. The van der Waals surface area contributed by atoms with Gasteiger partial charge >= 0.3 is 0 Å². The third kappa shape index (κ3) is 8.24. The van der Waals surface area contributed by atoms with Gasteiger partial charge in [-0.15, -0.1) is 24.0 Å². The number of hydrogen-bond donors (Lipinski definition) is 3. The quantitative estimate of drug-likeness (QED) is 0.243. The lowest BCUT2D eigenvalue weighted by atomic mass is 10.2. The number of amides is 1. The third-order valence-electron chi connectivity index (χ3n) is 3.63. The molecule has 0 aliphatic carbocycles. The van der Waals surface area contributed by atoms with E-state index in [4.69, 9.17) is 16.3 Å². The predicted molar refractivity (Wildman–Crippen MR) is 112 cm³/mol. The highest BCUT2D eigenvalue weighted by Crippen LogP contribution is 2.11. The van der Waals surface area contributed by atoms with E-state index in [0.717, 1.165) is 32.0 Å². The van der Waals surface area contributed by atoms with Crippen LogP contribution in [0.2, 0.25) is 5.02 Å². The van der Waals surface area contributed by atoms with Crippen LogP contribution in [0, 0.1) is 0 Å². The van der Waals surface area contributed by atoms with Crippen molar-refractivity contribution in [3.63, 3.8) is 0 Å². The maximum atomic E-state index is 12.0. The molecule has 25 heavy (non-hydrogen) atoms. The Morgan fingerprint density at radius 1 is 1.24 bits per heavy atom. The number of guanidine groups is 1. The molecule has 1 aliphatic rings. The molecule has 2 rings (SSSR count). The Morgan fingerprint density at radius 3 is 2.60 bits per heavy atom. The lowest BCUT2D eigenvalue weighted by Gasteiger charge is -2.13. The average molecular weight is 481 g/mol. The second-order valence-electron chi connectivity index (χ2n) is 5.54. The van der Waals surface area contributed by atoms with Crippen LogP contribution >= 0.6 is 35.6 Å². The van der Waals surface area contributed by atoms with Gasteiger partial charge < -0.3 is 20.7 Å². The van der Waals surface area contributed by atoms with E-state index < -0.39 is 0 Å². The van der Waals surface area contributed by atoms with Crippen LogP contribution in [-0.2, 0) is 4.74 Å². The smallest absolute Gasteiger partial charge is 0.251 e. The fourth-order valence-electron chi connectivity index (χ4n) is 2.38. The fourth-order valence-corrected chi connectivity index (χ4v) is 2.51. The number of carbonyl (C=O) groups is 1. The molecule has 1 heterocycles. The summed E-state index contributed by atoms with van der Waals surface area (Å²) in [4.78, 5) is 16.5. The molecule has 0 spiro atoms. The largest absolute Gasteiger partial charge is 0.376 e. The van der Waals surface area contributed by atoms with Crippen LogP contribution in [0.5, 0.6) is 0 Å². The van der Waals surface area contributed by atoms with Crippen molar-refractivity contribution in [1.29, 1.82) is 0 Å². The van der Waals surface area contributed by atoms with Crippen molar-refractivity contribution in [3.05, 3.63) is 34.9 Å². The van der Waals surface area contributed by atoms with Crippen LogP contribution in [0.3, 0.4) is 0 Å². The van der Waals surface area contributed by atoms with Crippen molar-refractivity contribution in [3.8, 4) is 0 Å². The van der Waals surface area contributed by atoms with E-state index >= 15 is 0 Å². The number of hydrogen-bond acceptors (Lipinski definition) is 3. The molecule has 1 fully saturated rings. The number of aliphatic imine (C=N–C) groups is 1. The van der Waals surface area contributed by atoms with E-state index in [2.05, 4.69) is 20.9 Å². The van der Waals surface area contributed by atoms with Gasteiger partial charge in [0, 0.05) is 36.8 Å². The molecule has 1 amide bonds. The summed E-state index contributed by atoms with van der Waals surface area (Å²) in [7, 11) is 0. The van der Waals surface area contributed by atoms with Crippen LogP contribution in [0.25, 0.3) is 0 Å². The summed E-state index contributed by atoms with van der Waals surface area (Å²) in [5.41, 5.74) is 0.596. The first kappa shape index (κ1) is 22.0. The Kier molecular flexibility index (Phi) is 10.8. The molecule has 1 atom stereocenters. The van der Waals surface area contributed by atoms with Gasteiger partial charge in [0.2, 0.25) is 0 Å². The van der Waals surface area contributed by atoms with E-state index in [0.29, 0.717) is 30.2 Å². The van der Waals surface area contributed by atoms with E-state index in [-0.39, 0.29) is 36.0 Å². The molecule has 0 saturated carbocycles. The van der Waals surface area contributed by atoms with Gasteiger partial charge in [-0.3, -0.25) is 9.79 Å². The first-order valence-electron chi connectivity index (χ1n) is 8.36. The molecule has 1 aromatic carbocycles. The Balaban J connectivity index is 0.00000312. The van der Waals surface area contributed by atoms with Gasteiger partial charge in [0.15, 0.2) is 5.96 Å². The zero-order chi connectivity index (χ0) is 17.2. The van der Waals surface area contributed by atoms with E-state index in [1.807, 2.05) is 6.92 Å². The predicted octanol–water partition coefficient (Wildman–Crippen LogP) is 2.42. The van der Waals surface area contributed by atoms with Gasteiger partial charge in [0.05, 0.1) is 12.6 Å². The lowest BCUT2D eigenvalue weighted by molar-refractivity contribution is 0.0954. The van der Waals surface area contributed by atoms with Crippen LogP contribution in [0.4, 0.5) is 0 Å². The first-order chi connectivity index (χ1) is 11.7. The monoisotopic (exact) mass is 480 g/mol. The summed E-state index contributed by atoms with van der Waals surface area (Å²) in [6, 6.07) is 6.82. The number of carbonyl (C=O) groups excluding carboxylic acids is 1. The van der Waals surface area contributed by atoms with E-state index in [1.54, 1.807) is 24.3 Å². The second-order valence-corrected chi connectivity index (χ2v) is 5.98. The molecule has 1 unspecified atom stereocenters. The summed E-state index contributed by atoms with van der Waals surface area (Å²) in [6.07, 6.45) is 2.41. The van der Waals surface area contributed by atoms with Crippen molar-refractivity contribution in [1.82, 2.24) is 16.0 Å². The van der Waals surface area contributed by atoms with Crippen molar-refractivity contribution in [2.24, 2.45) is 4.99 Å². The molecule has 3 N–H and O–H groups in total. The zero-order valence-electron chi connectivity index (χ0n) is 14.4. The number of nitrogens with one attached hydrogen (secondary N) is 3. The number of ether oxygens (including phenoxy) is 1. The summed E-state index contributed by atoms with van der Waals surface area (Å²) in [6.45, 7) is 5.40. The fraction of sp³-hybridized carbons (Fsp3) is 0.529. The molecule has 0 aromatic heterocycles. The van der Waals surface area contributed by atoms with Gasteiger partial charge in [0.25, 0.3) is 5.91 Å². The molecule has 0 bridgehead atoms. The van der Waals surface area contributed by atoms with Crippen LogP contribution in [-0.4, -0.2) is 50.8 Å². The third-order valence-corrected chi connectivity index (χ3v) is 3.88. The van der Waals surface area contributed by atoms with E-state index in [9.17, 15) is 4.79 Å². The number of rotatable bonds is 7. The maximum absolute atomic E-state index is 12.0. The zero-order valence-corrected chi connectivity index (χ0v) is 17.5. The Hall–Kier alpha value is -1.06. The van der Waals surface area contributed by atoms with Gasteiger partial charge in [-0.05, 0) is 44.0 Å². The molecule has 6 nitrogen and oxygen atoms in total. The average Bonchev–Trinajstić information content (AvgIpc) is 3.10. The van der Waals surface area contributed by atoms with E-state index in [1.165, 1.54) is 0 Å². The van der Waals surface area contributed by atoms with Crippen molar-refractivity contribution >= 4 is 47.4 Å². The molecule has 1 aromatic rings. The van der Waals surface area contributed by atoms with Crippen molar-refractivity contribution in [2.75, 3.05) is 32.8 Å². The molecule has 0 radical (unpaired) electrons. The summed E-state index contributed by atoms with van der Waals surface area (Å²) < 4.78 is 5.57. The minimum atomic E-state index is -0.116. The summed E-state index contributed by atoms with van der Waals surface area (Å²) in [5.74, 6) is 0.628. The highest BCUT2D eigenvalue weighted by molar-refractivity contribution is 14.0. The van der Waals surface area contributed by atoms with Gasteiger partial charge in [-0.25, -0.2) is 0 Å². The van der Waals surface area contributed by atoms with Crippen LogP contribution < -0.4 is 16.0 Å². The summed E-state index contributed by atoms with van der Waals surface area (Å²) >= 11 is 5.81. The number of benzene rings is 1. The SMILES string of the molecule is CCNC(=NCC1CCCO1)NCCNC(=O)c1ccc(Cl)cc1.I. The second kappa shape index (κ2) is 12.3. The van der Waals surface area contributed by atoms with Gasteiger partial charge in [-0.2, -0.15) is 0 Å². The maximum Gasteiger partial charge on any atom is 0.251 e. The normalized spacial score (nSPS) is 16.9. The molecule has 8 heteroatoms. The highest BCUT2D eigenvalue weighted by atomic mass is 127. The van der Waals surface area contributed by atoms with Gasteiger partial charge in [0.1, 0.15) is 0 Å². The minimum absolute atomic E-state index is 0. The van der Waals surface area contributed by atoms with Crippen molar-refractivity contribution in [2.45, 2.75) is 25.9 Å².